The number of nitriles is 1. The molecule has 0 aliphatic carbocycles. The van der Waals surface area contributed by atoms with Gasteiger partial charge in [-0.15, -0.1) is 0 Å². The second kappa shape index (κ2) is 5.13. The molecule has 2 bridgehead atoms. The summed E-state index contributed by atoms with van der Waals surface area (Å²) in [4.78, 5) is 12.1. The average Bonchev–Trinajstić information content (AvgIpc) is 3.09. The van der Waals surface area contributed by atoms with E-state index in [0.29, 0.717) is 12.0 Å². The van der Waals surface area contributed by atoms with E-state index in [1.54, 1.807) is 0 Å². The number of sulfonamides is 1. The fraction of sp³-hybridized carbons (Fsp3) is 0.429. The van der Waals surface area contributed by atoms with E-state index in [9.17, 15) is 13.2 Å². The minimum atomic E-state index is -3.90. The summed E-state index contributed by atoms with van der Waals surface area (Å²) < 4.78 is 32.0. The van der Waals surface area contributed by atoms with Gasteiger partial charge in [0.15, 0.2) is 0 Å². The smallest absolute Gasteiger partial charge is 0.264 e. The molecule has 21 heavy (non-hydrogen) atoms. The molecule has 3 unspecified atom stereocenters. The van der Waals surface area contributed by atoms with Gasteiger partial charge in [0.05, 0.1) is 34.7 Å². The van der Waals surface area contributed by atoms with E-state index in [2.05, 4.69) is 4.72 Å². The second-order valence-corrected chi connectivity index (χ2v) is 7.00. The first-order valence-corrected chi connectivity index (χ1v) is 8.20. The van der Waals surface area contributed by atoms with Crippen LogP contribution in [0.15, 0.2) is 29.2 Å². The molecule has 3 atom stereocenters. The van der Waals surface area contributed by atoms with Gasteiger partial charge in [-0.2, -0.15) is 5.26 Å². The molecule has 3 rings (SSSR count). The van der Waals surface area contributed by atoms with Crippen LogP contribution < -0.4 is 4.72 Å². The number of hydrogen-bond acceptors (Lipinski definition) is 5. The van der Waals surface area contributed by atoms with Crippen LogP contribution in [0.3, 0.4) is 0 Å². The van der Waals surface area contributed by atoms with Gasteiger partial charge in [-0.25, -0.2) is 13.1 Å². The highest BCUT2D eigenvalue weighted by Gasteiger charge is 2.45. The number of carbonyl (C=O) groups is 1. The van der Waals surface area contributed by atoms with Crippen molar-refractivity contribution in [3.05, 3.63) is 29.8 Å². The monoisotopic (exact) mass is 306 g/mol. The van der Waals surface area contributed by atoms with E-state index < -0.39 is 21.8 Å². The van der Waals surface area contributed by atoms with Crippen LogP contribution in [0.4, 0.5) is 0 Å². The molecule has 1 N–H and O–H groups in total. The maximum Gasteiger partial charge on any atom is 0.264 e. The fourth-order valence-electron chi connectivity index (χ4n) is 2.89. The third-order valence-corrected chi connectivity index (χ3v) is 5.33. The first kappa shape index (κ1) is 14.0. The summed E-state index contributed by atoms with van der Waals surface area (Å²) in [6.45, 7) is 0. The number of nitrogens with one attached hydrogen (secondary N) is 1. The summed E-state index contributed by atoms with van der Waals surface area (Å²) in [5.41, 5.74) is 0.363. The van der Waals surface area contributed by atoms with Crippen LogP contribution in [0, 0.1) is 17.2 Å². The molecule has 0 aromatic heterocycles. The van der Waals surface area contributed by atoms with E-state index in [0.717, 1.165) is 12.8 Å². The Morgan fingerprint density at radius 1 is 1.29 bits per heavy atom. The standard InChI is InChI=1S/C14H14N2O4S/c15-8-9-1-4-11(5-2-9)21(18,19)16-14(17)12-7-10-3-6-13(12)20-10/h1-2,4-5,10,12-13H,3,6-7H2,(H,16,17). The Kier molecular flexibility index (Phi) is 3.43. The summed E-state index contributed by atoms with van der Waals surface area (Å²) >= 11 is 0. The number of benzene rings is 1. The van der Waals surface area contributed by atoms with Crippen LogP contribution in [-0.2, 0) is 19.6 Å². The molecule has 0 spiro atoms. The van der Waals surface area contributed by atoms with E-state index >= 15 is 0 Å². The lowest BCUT2D eigenvalue weighted by atomic mass is 9.89. The van der Waals surface area contributed by atoms with E-state index in [1.165, 1.54) is 24.3 Å². The maximum absolute atomic E-state index is 12.1. The topological polar surface area (TPSA) is 96.3 Å². The molecule has 7 heteroatoms. The van der Waals surface area contributed by atoms with Crippen molar-refractivity contribution in [2.45, 2.75) is 36.4 Å². The van der Waals surface area contributed by atoms with Gasteiger partial charge in [-0.1, -0.05) is 0 Å². The first-order chi connectivity index (χ1) is 9.99. The van der Waals surface area contributed by atoms with Crippen LogP contribution in [0.25, 0.3) is 0 Å². The molecule has 1 amide bonds. The molecule has 2 aliphatic rings. The van der Waals surface area contributed by atoms with Crippen molar-refractivity contribution in [3.8, 4) is 6.07 Å². The van der Waals surface area contributed by atoms with Crippen molar-refractivity contribution >= 4 is 15.9 Å². The lowest BCUT2D eigenvalue weighted by Crippen LogP contribution is -2.39. The van der Waals surface area contributed by atoms with Crippen molar-refractivity contribution in [2.75, 3.05) is 0 Å². The van der Waals surface area contributed by atoms with Crippen molar-refractivity contribution in [1.29, 1.82) is 5.26 Å². The number of fused-ring (bicyclic) bond motifs is 2. The highest BCUT2D eigenvalue weighted by Crippen LogP contribution is 2.38. The van der Waals surface area contributed by atoms with E-state index in [-0.39, 0.29) is 17.1 Å². The van der Waals surface area contributed by atoms with Gasteiger partial charge in [0.2, 0.25) is 5.91 Å². The predicted molar refractivity (Wildman–Crippen MR) is 72.5 cm³/mol. The number of ether oxygens (including phenoxy) is 1. The average molecular weight is 306 g/mol. The lowest BCUT2D eigenvalue weighted by molar-refractivity contribution is -0.124. The summed E-state index contributed by atoms with van der Waals surface area (Å²) in [5.74, 6) is -0.900. The quantitative estimate of drug-likeness (QED) is 0.896. The van der Waals surface area contributed by atoms with Crippen LogP contribution >= 0.6 is 0 Å². The Hall–Kier alpha value is -1.91. The molecule has 2 aliphatic heterocycles. The van der Waals surface area contributed by atoms with Crippen molar-refractivity contribution < 1.29 is 17.9 Å². The first-order valence-electron chi connectivity index (χ1n) is 6.72. The van der Waals surface area contributed by atoms with Gasteiger partial charge in [-0.3, -0.25) is 4.79 Å². The zero-order valence-electron chi connectivity index (χ0n) is 11.2. The lowest BCUT2D eigenvalue weighted by Gasteiger charge is -2.17. The van der Waals surface area contributed by atoms with Crippen LogP contribution in [0.2, 0.25) is 0 Å². The molecule has 1 aromatic carbocycles. The Labute approximate surface area is 122 Å². The minimum absolute atomic E-state index is 0.0288. The molecular formula is C14H14N2O4S. The molecule has 2 saturated heterocycles. The van der Waals surface area contributed by atoms with Gasteiger partial charge >= 0.3 is 0 Å². The summed E-state index contributed by atoms with van der Waals surface area (Å²) in [5, 5.41) is 8.70. The SMILES string of the molecule is N#Cc1ccc(S(=O)(=O)NC(=O)C2CC3CCC2O3)cc1. The summed E-state index contributed by atoms with van der Waals surface area (Å²) in [6, 6.07) is 7.34. The molecule has 0 radical (unpaired) electrons. The molecule has 6 nitrogen and oxygen atoms in total. The van der Waals surface area contributed by atoms with Gasteiger partial charge in [0.25, 0.3) is 10.0 Å². The predicted octanol–water partition coefficient (Wildman–Crippen LogP) is 0.931. The summed E-state index contributed by atoms with van der Waals surface area (Å²) in [7, 11) is -3.90. The third kappa shape index (κ3) is 2.64. The number of rotatable bonds is 3. The molecular weight excluding hydrogens is 292 g/mol. The van der Waals surface area contributed by atoms with Gasteiger partial charge in [-0.05, 0) is 43.5 Å². The van der Waals surface area contributed by atoms with E-state index in [1.807, 2.05) is 6.07 Å². The molecule has 0 saturated carbocycles. The van der Waals surface area contributed by atoms with Crippen LogP contribution in [-0.4, -0.2) is 26.5 Å². The van der Waals surface area contributed by atoms with Crippen molar-refractivity contribution in [3.63, 3.8) is 0 Å². The molecule has 2 fully saturated rings. The van der Waals surface area contributed by atoms with Gasteiger partial charge in [0, 0.05) is 0 Å². The van der Waals surface area contributed by atoms with Crippen molar-refractivity contribution in [1.82, 2.24) is 4.72 Å². The Bertz CT molecular complexity index is 705. The van der Waals surface area contributed by atoms with E-state index in [4.69, 9.17) is 10.00 Å². The molecule has 1 aromatic rings. The fourth-order valence-corrected chi connectivity index (χ4v) is 3.92. The van der Waals surface area contributed by atoms with Gasteiger partial charge in [0.1, 0.15) is 0 Å². The molecule has 110 valence electrons. The van der Waals surface area contributed by atoms with Gasteiger partial charge < -0.3 is 4.74 Å². The normalized spacial score (nSPS) is 27.3. The number of amides is 1. The van der Waals surface area contributed by atoms with Crippen LogP contribution in [0.1, 0.15) is 24.8 Å². The number of nitrogens with zero attached hydrogens (tertiary/aromatic N) is 1. The highest BCUT2D eigenvalue weighted by molar-refractivity contribution is 7.90. The summed E-state index contributed by atoms with van der Waals surface area (Å²) in [6.07, 6.45) is 2.25. The third-order valence-electron chi connectivity index (χ3n) is 3.97. The minimum Gasteiger partial charge on any atom is -0.374 e. The highest BCUT2D eigenvalue weighted by atomic mass is 32.2. The second-order valence-electron chi connectivity index (χ2n) is 5.32. The van der Waals surface area contributed by atoms with Crippen molar-refractivity contribution in [2.24, 2.45) is 5.92 Å². The number of hydrogen-bond donors (Lipinski definition) is 1. The maximum atomic E-state index is 12.1. The Morgan fingerprint density at radius 3 is 2.52 bits per heavy atom. The Balaban J connectivity index is 1.73. The molecule has 2 heterocycles. The zero-order valence-corrected chi connectivity index (χ0v) is 12.0. The van der Waals surface area contributed by atoms with Crippen LogP contribution in [0.5, 0.6) is 0 Å². The zero-order chi connectivity index (χ0) is 15.0. The largest absolute Gasteiger partial charge is 0.374 e. The number of carbonyl (C=O) groups excluding carboxylic acids is 1. The Morgan fingerprint density at radius 2 is 2.00 bits per heavy atom.